The number of ether oxygens (including phenoxy) is 2. The third-order valence-corrected chi connectivity index (χ3v) is 5.67. The van der Waals surface area contributed by atoms with E-state index in [2.05, 4.69) is 9.80 Å². The molecule has 4 rings (SSSR count). The molecule has 0 aliphatic carbocycles. The second-order valence-electron chi connectivity index (χ2n) is 7.08. The highest BCUT2D eigenvalue weighted by Gasteiger charge is 2.40. The molecule has 1 aromatic carbocycles. The van der Waals surface area contributed by atoms with Crippen molar-refractivity contribution in [2.75, 3.05) is 52.6 Å². The van der Waals surface area contributed by atoms with Crippen LogP contribution in [0.5, 0.6) is 0 Å². The third-order valence-electron chi connectivity index (χ3n) is 5.42. The van der Waals surface area contributed by atoms with E-state index in [9.17, 15) is 4.79 Å². The fraction of sp³-hybridized carbons (Fsp3) is 0.476. The largest absolute Gasteiger partial charge is 0.461 e. The van der Waals surface area contributed by atoms with Crippen molar-refractivity contribution in [1.82, 2.24) is 9.80 Å². The number of carbonyl (C=O) groups excluding carboxylic acids is 1. The van der Waals surface area contributed by atoms with E-state index in [0.29, 0.717) is 50.3 Å². The Bertz CT molecular complexity index is 753. The molecule has 2 aliphatic rings. The van der Waals surface area contributed by atoms with Gasteiger partial charge in [-0.2, -0.15) is 0 Å². The van der Waals surface area contributed by atoms with Gasteiger partial charge in [0.05, 0.1) is 44.8 Å². The van der Waals surface area contributed by atoms with Crippen molar-refractivity contribution < 1.29 is 18.7 Å². The lowest BCUT2D eigenvalue weighted by molar-refractivity contribution is -0.0307. The molecule has 0 spiro atoms. The molecule has 0 saturated carbocycles. The lowest BCUT2D eigenvalue weighted by atomic mass is 9.91. The van der Waals surface area contributed by atoms with E-state index >= 15 is 0 Å². The lowest BCUT2D eigenvalue weighted by Crippen LogP contribution is -2.55. The van der Waals surface area contributed by atoms with E-state index in [1.165, 1.54) is 0 Å². The summed E-state index contributed by atoms with van der Waals surface area (Å²) in [7, 11) is 0. The fourth-order valence-corrected chi connectivity index (χ4v) is 4.16. The molecule has 0 unspecified atom stereocenters. The second kappa shape index (κ2) is 9.20. The summed E-state index contributed by atoms with van der Waals surface area (Å²) in [5, 5.41) is 0.685. The molecule has 7 heteroatoms. The molecule has 2 fully saturated rings. The molecule has 2 aromatic rings. The minimum atomic E-state index is -0.366. The minimum Gasteiger partial charge on any atom is -0.461 e. The molecule has 0 amide bonds. The Morgan fingerprint density at radius 2 is 1.50 bits per heavy atom. The first-order valence-corrected chi connectivity index (χ1v) is 10.1. The molecule has 1 aromatic heterocycles. The third kappa shape index (κ3) is 4.31. The van der Waals surface area contributed by atoms with Gasteiger partial charge in [-0.15, -0.1) is 0 Å². The Kier molecular flexibility index (Phi) is 6.44. The number of Topliss-reactive ketones (excluding diaryl/α,β-unsaturated/α-hetero) is 1. The van der Waals surface area contributed by atoms with Gasteiger partial charge in [0.2, 0.25) is 5.78 Å². The van der Waals surface area contributed by atoms with E-state index in [1.54, 1.807) is 18.4 Å². The number of furan rings is 1. The summed E-state index contributed by atoms with van der Waals surface area (Å²) in [5.41, 5.74) is 1.07. The smallest absolute Gasteiger partial charge is 0.216 e. The normalized spacial score (nSPS) is 21.3. The zero-order chi connectivity index (χ0) is 19.3. The van der Waals surface area contributed by atoms with Crippen LogP contribution in [-0.4, -0.2) is 74.2 Å². The number of carbonyl (C=O) groups is 1. The molecular formula is C21H25ClN2O4. The maximum atomic E-state index is 13.6. The van der Waals surface area contributed by atoms with Crippen molar-refractivity contribution in [3.63, 3.8) is 0 Å². The van der Waals surface area contributed by atoms with Gasteiger partial charge in [-0.05, 0) is 29.8 Å². The molecule has 0 bridgehead atoms. The minimum absolute atomic E-state index is 0.00154. The van der Waals surface area contributed by atoms with Crippen LogP contribution in [0.4, 0.5) is 0 Å². The molecule has 2 aliphatic heterocycles. The van der Waals surface area contributed by atoms with Gasteiger partial charge < -0.3 is 13.9 Å². The van der Waals surface area contributed by atoms with E-state index in [0.717, 1.165) is 18.7 Å². The van der Waals surface area contributed by atoms with Crippen molar-refractivity contribution in [3.05, 3.63) is 59.0 Å². The van der Waals surface area contributed by atoms with E-state index in [-0.39, 0.29) is 17.9 Å². The molecule has 0 N–H and O–H groups in total. The van der Waals surface area contributed by atoms with Crippen molar-refractivity contribution in [1.29, 1.82) is 0 Å². The van der Waals surface area contributed by atoms with Crippen LogP contribution in [0.25, 0.3) is 0 Å². The molecule has 0 radical (unpaired) electrons. The molecule has 2 saturated heterocycles. The zero-order valence-electron chi connectivity index (χ0n) is 15.8. The first-order chi connectivity index (χ1) is 13.7. The van der Waals surface area contributed by atoms with Gasteiger partial charge in [0.1, 0.15) is 0 Å². The fourth-order valence-electron chi connectivity index (χ4n) is 4.04. The monoisotopic (exact) mass is 404 g/mol. The molecule has 150 valence electrons. The van der Waals surface area contributed by atoms with Gasteiger partial charge in [0.25, 0.3) is 0 Å². The Morgan fingerprint density at radius 3 is 2.07 bits per heavy atom. The number of hydrogen-bond donors (Lipinski definition) is 0. The summed E-state index contributed by atoms with van der Waals surface area (Å²) >= 11 is 6.13. The predicted octanol–water partition coefficient (Wildman–Crippen LogP) is 2.89. The SMILES string of the molecule is O=C(c1ccco1)[C@@H]([C@@H](c1ccc(Cl)cc1)N1CCOCC1)N1CCOCC1. The highest BCUT2D eigenvalue weighted by atomic mass is 35.5. The van der Waals surface area contributed by atoms with Crippen LogP contribution in [-0.2, 0) is 9.47 Å². The van der Waals surface area contributed by atoms with Crippen molar-refractivity contribution >= 4 is 17.4 Å². The van der Waals surface area contributed by atoms with Gasteiger partial charge in [-0.1, -0.05) is 23.7 Å². The molecule has 6 nitrogen and oxygen atoms in total. The first kappa shape index (κ1) is 19.6. The summed E-state index contributed by atoms with van der Waals surface area (Å²) in [6.07, 6.45) is 1.55. The standard InChI is InChI=1S/C21H25ClN2O4/c22-17-5-3-16(4-6-17)19(23-7-12-26-13-8-23)20(24-9-14-27-15-10-24)21(25)18-2-1-11-28-18/h1-6,11,19-20H,7-10,12-15H2/t19-,20-/m1/s1. The quantitative estimate of drug-likeness (QED) is 0.690. The van der Waals surface area contributed by atoms with Crippen LogP contribution in [0, 0.1) is 0 Å². The van der Waals surface area contributed by atoms with Crippen molar-refractivity contribution in [3.8, 4) is 0 Å². The van der Waals surface area contributed by atoms with Gasteiger partial charge in [0.15, 0.2) is 5.76 Å². The number of rotatable bonds is 6. The molecular weight excluding hydrogens is 380 g/mol. The Hall–Kier alpha value is -1.70. The Balaban J connectivity index is 1.74. The second-order valence-corrected chi connectivity index (χ2v) is 7.52. The van der Waals surface area contributed by atoms with Gasteiger partial charge in [-0.25, -0.2) is 0 Å². The van der Waals surface area contributed by atoms with E-state index < -0.39 is 0 Å². The predicted molar refractivity (Wildman–Crippen MR) is 106 cm³/mol. The average molecular weight is 405 g/mol. The Labute approximate surface area is 169 Å². The lowest BCUT2D eigenvalue weighted by Gasteiger charge is -2.44. The van der Waals surface area contributed by atoms with Crippen LogP contribution in [0.3, 0.4) is 0 Å². The summed E-state index contributed by atoms with van der Waals surface area (Å²) in [6.45, 7) is 5.55. The average Bonchev–Trinajstić information content (AvgIpc) is 3.29. The number of benzene rings is 1. The maximum absolute atomic E-state index is 13.6. The zero-order valence-corrected chi connectivity index (χ0v) is 16.5. The summed E-state index contributed by atoms with van der Waals surface area (Å²) in [6, 6.07) is 10.8. The molecule has 3 heterocycles. The number of hydrogen-bond acceptors (Lipinski definition) is 6. The number of halogens is 1. The number of nitrogens with zero attached hydrogens (tertiary/aromatic N) is 2. The van der Waals surface area contributed by atoms with Crippen LogP contribution < -0.4 is 0 Å². The van der Waals surface area contributed by atoms with Crippen LogP contribution in [0.1, 0.15) is 22.2 Å². The number of morpholine rings is 2. The van der Waals surface area contributed by atoms with Crippen molar-refractivity contribution in [2.24, 2.45) is 0 Å². The molecule has 2 atom stereocenters. The van der Waals surface area contributed by atoms with Gasteiger partial charge >= 0.3 is 0 Å². The maximum Gasteiger partial charge on any atom is 0.216 e. The Morgan fingerprint density at radius 1 is 0.893 bits per heavy atom. The van der Waals surface area contributed by atoms with Crippen LogP contribution >= 0.6 is 11.6 Å². The topological polar surface area (TPSA) is 55.2 Å². The van der Waals surface area contributed by atoms with Gasteiger partial charge in [-0.3, -0.25) is 14.6 Å². The summed E-state index contributed by atoms with van der Waals surface area (Å²) in [5.74, 6) is 0.391. The van der Waals surface area contributed by atoms with Crippen LogP contribution in [0.15, 0.2) is 47.1 Å². The van der Waals surface area contributed by atoms with Crippen LogP contribution in [0.2, 0.25) is 5.02 Å². The summed E-state index contributed by atoms with van der Waals surface area (Å²) in [4.78, 5) is 18.1. The highest BCUT2D eigenvalue weighted by molar-refractivity contribution is 6.30. The first-order valence-electron chi connectivity index (χ1n) is 9.71. The highest BCUT2D eigenvalue weighted by Crippen LogP contribution is 2.32. The van der Waals surface area contributed by atoms with E-state index in [4.69, 9.17) is 25.5 Å². The number of ketones is 1. The van der Waals surface area contributed by atoms with E-state index in [1.807, 2.05) is 24.3 Å². The summed E-state index contributed by atoms with van der Waals surface area (Å²) < 4.78 is 16.6. The molecule has 28 heavy (non-hydrogen) atoms. The van der Waals surface area contributed by atoms with Gasteiger partial charge in [0, 0.05) is 31.2 Å². The van der Waals surface area contributed by atoms with Crippen molar-refractivity contribution in [2.45, 2.75) is 12.1 Å².